The Morgan fingerprint density at radius 2 is 1.93 bits per heavy atom. The van der Waals surface area contributed by atoms with Gasteiger partial charge in [0.1, 0.15) is 11.6 Å². The van der Waals surface area contributed by atoms with Crippen LogP contribution in [0, 0.1) is 11.3 Å². The van der Waals surface area contributed by atoms with Crippen LogP contribution in [0.3, 0.4) is 0 Å². The van der Waals surface area contributed by atoms with E-state index < -0.39 is 18.5 Å². The Bertz CT molecular complexity index is 930. The minimum Gasteiger partial charge on any atom is -0.479 e. The molecule has 9 heteroatoms. The van der Waals surface area contributed by atoms with Gasteiger partial charge in [0.15, 0.2) is 12.4 Å². The Balaban J connectivity index is 2.23. The molecule has 0 atom stereocenters. The summed E-state index contributed by atoms with van der Waals surface area (Å²) in [6, 6.07) is 11.3. The van der Waals surface area contributed by atoms with E-state index >= 15 is 0 Å². The third-order valence-corrected chi connectivity index (χ3v) is 4.26. The molecule has 1 amide bonds. The Morgan fingerprint density at radius 3 is 2.48 bits per heavy atom. The van der Waals surface area contributed by atoms with Gasteiger partial charge in [0, 0.05) is 10.7 Å². The second kappa shape index (κ2) is 9.42. The van der Waals surface area contributed by atoms with Crippen molar-refractivity contribution in [1.82, 2.24) is 0 Å². The average molecular weight is 470 g/mol. The molecule has 6 nitrogen and oxygen atoms in total. The number of hydrogen-bond acceptors (Lipinski definition) is 4. The number of halogens is 3. The molecule has 2 aromatic carbocycles. The van der Waals surface area contributed by atoms with E-state index in [1.54, 1.807) is 30.3 Å². The number of ether oxygens (including phenoxy) is 1. The molecule has 0 bridgehead atoms. The van der Waals surface area contributed by atoms with E-state index in [1.165, 1.54) is 12.1 Å². The third kappa shape index (κ3) is 6.00. The Labute approximate surface area is 173 Å². The van der Waals surface area contributed by atoms with Gasteiger partial charge in [-0.1, -0.05) is 23.2 Å². The van der Waals surface area contributed by atoms with Crippen molar-refractivity contribution < 1.29 is 19.4 Å². The number of carboxylic acids is 1. The van der Waals surface area contributed by atoms with Gasteiger partial charge in [-0.15, -0.1) is 0 Å². The standard InChI is InChI=1S/C18H11BrCl2N2O4/c19-14-6-10(7-15(21)17(14)27-9-16(24)25)5-11(8-22)18(26)23-13-3-1-12(20)2-4-13/h1-7H,9H2,(H,23,26)(H,24,25)/b11-5-. The summed E-state index contributed by atoms with van der Waals surface area (Å²) in [4.78, 5) is 22.9. The van der Waals surface area contributed by atoms with E-state index in [-0.39, 0.29) is 16.3 Å². The van der Waals surface area contributed by atoms with E-state index in [0.717, 1.165) is 0 Å². The van der Waals surface area contributed by atoms with Crippen molar-refractivity contribution in [3.8, 4) is 11.8 Å². The molecule has 0 heterocycles. The Hall–Kier alpha value is -2.53. The SMILES string of the molecule is N#C/C(=C/c1cc(Cl)c(OCC(=O)O)c(Br)c1)C(=O)Nc1ccc(Cl)cc1. The van der Waals surface area contributed by atoms with Crippen LogP contribution in [0.25, 0.3) is 6.08 Å². The van der Waals surface area contributed by atoms with Gasteiger partial charge in [-0.2, -0.15) is 5.26 Å². The van der Waals surface area contributed by atoms with Gasteiger partial charge in [-0.25, -0.2) is 4.79 Å². The highest BCUT2D eigenvalue weighted by atomic mass is 79.9. The predicted molar refractivity (Wildman–Crippen MR) is 106 cm³/mol. The summed E-state index contributed by atoms with van der Waals surface area (Å²) in [5.74, 6) is -1.59. The lowest BCUT2D eigenvalue weighted by molar-refractivity contribution is -0.139. The Kier molecular flexibility index (Phi) is 7.25. The number of carbonyl (C=O) groups is 2. The molecule has 2 N–H and O–H groups in total. The number of rotatable bonds is 6. The number of amides is 1. The molecular formula is C18H11BrCl2N2O4. The first kappa shape index (κ1) is 20.8. The molecule has 0 aliphatic carbocycles. The lowest BCUT2D eigenvalue weighted by Crippen LogP contribution is -2.13. The van der Waals surface area contributed by atoms with Gasteiger partial charge in [-0.3, -0.25) is 4.79 Å². The first-order valence-electron chi connectivity index (χ1n) is 7.32. The van der Waals surface area contributed by atoms with Gasteiger partial charge in [-0.05, 0) is 64.0 Å². The van der Waals surface area contributed by atoms with E-state index in [2.05, 4.69) is 21.2 Å². The van der Waals surface area contributed by atoms with Crippen LogP contribution in [0.5, 0.6) is 5.75 Å². The number of carboxylic acid groups (broad SMARTS) is 1. The molecule has 0 spiro atoms. The van der Waals surface area contributed by atoms with Crippen molar-refractivity contribution in [2.24, 2.45) is 0 Å². The highest BCUT2D eigenvalue weighted by Crippen LogP contribution is 2.35. The fraction of sp³-hybridized carbons (Fsp3) is 0.0556. The van der Waals surface area contributed by atoms with Gasteiger partial charge in [0.25, 0.3) is 5.91 Å². The topological polar surface area (TPSA) is 99.4 Å². The van der Waals surface area contributed by atoms with Crippen molar-refractivity contribution >= 4 is 62.8 Å². The monoisotopic (exact) mass is 468 g/mol. The van der Waals surface area contributed by atoms with Crippen LogP contribution in [-0.2, 0) is 9.59 Å². The van der Waals surface area contributed by atoms with Crippen LogP contribution in [0.4, 0.5) is 5.69 Å². The number of hydrogen-bond donors (Lipinski definition) is 2. The number of nitrogens with zero attached hydrogens (tertiary/aromatic N) is 1. The molecule has 0 saturated carbocycles. The lowest BCUT2D eigenvalue weighted by Gasteiger charge is -2.09. The molecule has 0 saturated heterocycles. The maximum Gasteiger partial charge on any atom is 0.341 e. The molecule has 2 aromatic rings. The first-order chi connectivity index (χ1) is 12.8. The minimum absolute atomic E-state index is 0.132. The molecule has 2 rings (SSSR count). The number of nitriles is 1. The van der Waals surface area contributed by atoms with Crippen molar-refractivity contribution in [2.45, 2.75) is 0 Å². The molecule has 138 valence electrons. The predicted octanol–water partition coefficient (Wildman–Crippen LogP) is 4.76. The summed E-state index contributed by atoms with van der Waals surface area (Å²) < 4.78 is 5.48. The molecule has 0 unspecified atom stereocenters. The second-order valence-electron chi connectivity index (χ2n) is 5.13. The average Bonchev–Trinajstić information content (AvgIpc) is 2.60. The van der Waals surface area contributed by atoms with E-state index in [9.17, 15) is 14.9 Å². The summed E-state index contributed by atoms with van der Waals surface area (Å²) in [7, 11) is 0. The van der Waals surface area contributed by atoms with Crippen molar-refractivity contribution in [3.05, 3.63) is 62.1 Å². The molecule has 0 radical (unpaired) electrons. The molecular weight excluding hydrogens is 459 g/mol. The molecule has 0 aromatic heterocycles. The largest absolute Gasteiger partial charge is 0.479 e. The summed E-state index contributed by atoms with van der Waals surface area (Å²) in [6.45, 7) is -0.555. The maximum atomic E-state index is 12.3. The highest BCUT2D eigenvalue weighted by molar-refractivity contribution is 9.10. The Morgan fingerprint density at radius 1 is 1.26 bits per heavy atom. The van der Waals surface area contributed by atoms with Gasteiger partial charge in [0.05, 0.1) is 9.50 Å². The number of benzene rings is 2. The third-order valence-electron chi connectivity index (χ3n) is 3.14. The van der Waals surface area contributed by atoms with E-state index in [1.807, 2.05) is 6.07 Å². The van der Waals surface area contributed by atoms with Gasteiger partial charge in [0.2, 0.25) is 0 Å². The number of aliphatic carboxylic acids is 1. The van der Waals surface area contributed by atoms with Gasteiger partial charge < -0.3 is 15.2 Å². The van der Waals surface area contributed by atoms with Crippen molar-refractivity contribution in [1.29, 1.82) is 5.26 Å². The van der Waals surface area contributed by atoms with E-state index in [0.29, 0.717) is 20.7 Å². The maximum absolute atomic E-state index is 12.3. The quantitative estimate of drug-likeness (QED) is 0.469. The van der Waals surface area contributed by atoms with Crippen LogP contribution in [0.15, 0.2) is 46.4 Å². The second-order valence-corrected chi connectivity index (χ2v) is 6.82. The van der Waals surface area contributed by atoms with Crippen LogP contribution in [-0.4, -0.2) is 23.6 Å². The fourth-order valence-electron chi connectivity index (χ4n) is 1.98. The highest BCUT2D eigenvalue weighted by Gasteiger charge is 2.13. The van der Waals surface area contributed by atoms with Crippen molar-refractivity contribution in [3.63, 3.8) is 0 Å². The van der Waals surface area contributed by atoms with Crippen LogP contribution in [0.2, 0.25) is 10.0 Å². The number of anilines is 1. The first-order valence-corrected chi connectivity index (χ1v) is 8.87. The summed E-state index contributed by atoms with van der Waals surface area (Å²) >= 11 is 15.1. The number of nitrogens with one attached hydrogen (secondary N) is 1. The molecule has 0 aliphatic heterocycles. The van der Waals surface area contributed by atoms with Crippen LogP contribution < -0.4 is 10.1 Å². The number of carbonyl (C=O) groups excluding carboxylic acids is 1. The zero-order valence-electron chi connectivity index (χ0n) is 13.5. The zero-order valence-corrected chi connectivity index (χ0v) is 16.6. The van der Waals surface area contributed by atoms with Crippen LogP contribution in [0.1, 0.15) is 5.56 Å². The van der Waals surface area contributed by atoms with Gasteiger partial charge >= 0.3 is 5.97 Å². The van der Waals surface area contributed by atoms with E-state index in [4.69, 9.17) is 33.0 Å². The zero-order chi connectivity index (χ0) is 20.0. The molecule has 27 heavy (non-hydrogen) atoms. The molecule has 0 aliphatic rings. The fourth-order valence-corrected chi connectivity index (χ4v) is 3.10. The van der Waals surface area contributed by atoms with Crippen LogP contribution >= 0.6 is 39.1 Å². The minimum atomic E-state index is -1.15. The summed E-state index contributed by atoms with van der Waals surface area (Å²) in [5, 5.41) is 21.2. The summed E-state index contributed by atoms with van der Waals surface area (Å²) in [5.41, 5.74) is 0.798. The lowest BCUT2D eigenvalue weighted by atomic mass is 10.1. The van der Waals surface area contributed by atoms with Crippen molar-refractivity contribution in [2.75, 3.05) is 11.9 Å². The summed E-state index contributed by atoms with van der Waals surface area (Å²) in [6.07, 6.45) is 1.35. The molecule has 0 fully saturated rings. The normalized spacial score (nSPS) is 10.8. The smallest absolute Gasteiger partial charge is 0.341 e.